The quantitative estimate of drug-likeness (QED) is 0.779. The fraction of sp³-hybridized carbons (Fsp3) is 0.600. The molecule has 0 spiro atoms. The molecule has 3 rings (SSSR count). The predicted molar refractivity (Wildman–Crippen MR) is 69.2 cm³/mol. The van der Waals surface area contributed by atoms with Crippen LogP contribution in [0.2, 0.25) is 0 Å². The van der Waals surface area contributed by atoms with Gasteiger partial charge in [-0.25, -0.2) is 0 Å². The van der Waals surface area contributed by atoms with E-state index < -0.39 is 0 Å². The van der Waals surface area contributed by atoms with Crippen molar-refractivity contribution in [3.8, 4) is 5.75 Å². The highest BCUT2D eigenvalue weighted by Gasteiger charge is 2.46. The van der Waals surface area contributed by atoms with Crippen molar-refractivity contribution in [2.75, 3.05) is 6.54 Å². The van der Waals surface area contributed by atoms with E-state index in [-0.39, 0.29) is 0 Å². The summed E-state index contributed by atoms with van der Waals surface area (Å²) in [5.74, 6) is 1.08. The maximum absolute atomic E-state index is 9.71. The monoisotopic (exact) mass is 231 g/mol. The first-order valence-electron chi connectivity index (χ1n) is 6.75. The van der Waals surface area contributed by atoms with Crippen molar-refractivity contribution < 1.29 is 5.11 Å². The van der Waals surface area contributed by atoms with Gasteiger partial charge in [-0.15, -0.1) is 0 Å². The Labute approximate surface area is 103 Å². The van der Waals surface area contributed by atoms with E-state index in [2.05, 4.69) is 18.3 Å². The summed E-state index contributed by atoms with van der Waals surface area (Å²) < 4.78 is 0. The lowest BCUT2D eigenvalue weighted by Crippen LogP contribution is -2.55. The molecule has 1 heterocycles. The minimum absolute atomic E-state index is 0.299. The lowest BCUT2D eigenvalue weighted by atomic mass is 9.58. The molecule has 1 aliphatic carbocycles. The molecule has 0 amide bonds. The van der Waals surface area contributed by atoms with E-state index in [4.69, 9.17) is 0 Å². The summed E-state index contributed by atoms with van der Waals surface area (Å²) in [6.07, 6.45) is 5.09. The molecule has 2 nitrogen and oxygen atoms in total. The van der Waals surface area contributed by atoms with Crippen LogP contribution in [0.15, 0.2) is 24.3 Å². The Balaban J connectivity index is 2.03. The second-order valence-electron chi connectivity index (χ2n) is 5.70. The van der Waals surface area contributed by atoms with E-state index >= 15 is 0 Å². The van der Waals surface area contributed by atoms with Gasteiger partial charge >= 0.3 is 0 Å². The number of phenols is 1. The average Bonchev–Trinajstić information content (AvgIpc) is 2.29. The number of hydrogen-bond acceptors (Lipinski definition) is 2. The number of phenolic OH excluding ortho intramolecular Hbond substituents is 1. The summed E-state index contributed by atoms with van der Waals surface area (Å²) in [6, 6.07) is 8.60. The summed E-state index contributed by atoms with van der Waals surface area (Å²) in [5.41, 5.74) is 1.64. The topological polar surface area (TPSA) is 32.3 Å². The molecular formula is C15H21NO. The Morgan fingerprint density at radius 3 is 3.06 bits per heavy atom. The maximum atomic E-state index is 9.71. The van der Waals surface area contributed by atoms with Gasteiger partial charge in [-0.1, -0.05) is 25.5 Å². The Morgan fingerprint density at radius 2 is 2.24 bits per heavy atom. The molecule has 1 aliphatic heterocycles. The third kappa shape index (κ3) is 1.66. The van der Waals surface area contributed by atoms with Crippen LogP contribution in [0.1, 0.15) is 38.2 Å². The van der Waals surface area contributed by atoms with Crippen molar-refractivity contribution in [1.82, 2.24) is 5.32 Å². The van der Waals surface area contributed by atoms with Crippen LogP contribution in [0.25, 0.3) is 0 Å². The van der Waals surface area contributed by atoms with Crippen molar-refractivity contribution in [3.63, 3.8) is 0 Å². The fourth-order valence-electron chi connectivity index (χ4n) is 3.98. The first-order valence-corrected chi connectivity index (χ1v) is 6.75. The molecule has 1 saturated heterocycles. The molecule has 2 bridgehead atoms. The molecule has 2 heteroatoms. The number of benzene rings is 1. The Morgan fingerprint density at radius 1 is 1.35 bits per heavy atom. The van der Waals surface area contributed by atoms with Crippen molar-refractivity contribution in [1.29, 1.82) is 0 Å². The van der Waals surface area contributed by atoms with Crippen LogP contribution in [-0.2, 0) is 5.41 Å². The van der Waals surface area contributed by atoms with E-state index in [1.807, 2.05) is 12.1 Å². The minimum Gasteiger partial charge on any atom is -0.508 e. The SMILES string of the molecule is C[C@@H]1C2CCCC1(c1cccc(O)c1)CCN2. The van der Waals surface area contributed by atoms with Gasteiger partial charge in [0.1, 0.15) is 5.75 Å². The molecule has 2 N–H and O–H groups in total. The van der Waals surface area contributed by atoms with Crippen molar-refractivity contribution in [2.45, 2.75) is 44.1 Å². The van der Waals surface area contributed by atoms with Crippen molar-refractivity contribution >= 4 is 0 Å². The Kier molecular flexibility index (Phi) is 2.62. The van der Waals surface area contributed by atoms with Gasteiger partial charge in [0.15, 0.2) is 0 Å². The average molecular weight is 231 g/mol. The second kappa shape index (κ2) is 4.02. The van der Waals surface area contributed by atoms with E-state index in [1.165, 1.54) is 31.2 Å². The molecule has 2 fully saturated rings. The highest BCUT2D eigenvalue weighted by Crippen LogP contribution is 2.48. The highest BCUT2D eigenvalue weighted by molar-refractivity contribution is 5.35. The number of aromatic hydroxyl groups is 1. The van der Waals surface area contributed by atoms with Crippen LogP contribution in [0.4, 0.5) is 0 Å². The molecule has 1 saturated carbocycles. The molecule has 2 aliphatic rings. The third-order valence-corrected chi connectivity index (χ3v) is 5.01. The molecule has 17 heavy (non-hydrogen) atoms. The number of nitrogens with one attached hydrogen (secondary N) is 1. The van der Waals surface area contributed by atoms with E-state index in [9.17, 15) is 5.11 Å². The molecule has 1 aromatic rings. The van der Waals surface area contributed by atoms with Gasteiger partial charge in [0, 0.05) is 11.5 Å². The molecule has 2 unspecified atom stereocenters. The van der Waals surface area contributed by atoms with Crippen molar-refractivity contribution in [3.05, 3.63) is 29.8 Å². The summed E-state index contributed by atoms with van der Waals surface area (Å²) >= 11 is 0. The van der Waals surface area contributed by atoms with Gasteiger partial charge < -0.3 is 10.4 Å². The van der Waals surface area contributed by atoms with Crippen LogP contribution in [0.5, 0.6) is 5.75 Å². The molecule has 0 aromatic heterocycles. The fourth-order valence-corrected chi connectivity index (χ4v) is 3.98. The number of hydrogen-bond donors (Lipinski definition) is 2. The summed E-state index contributed by atoms with van der Waals surface area (Å²) in [7, 11) is 0. The van der Waals surface area contributed by atoms with Gasteiger partial charge in [0.2, 0.25) is 0 Å². The Bertz CT molecular complexity index is 405. The molecule has 3 atom stereocenters. The molecular weight excluding hydrogens is 210 g/mol. The predicted octanol–water partition coefficient (Wildman–Crippen LogP) is 2.81. The van der Waals surface area contributed by atoms with Gasteiger partial charge in [0.05, 0.1) is 0 Å². The lowest BCUT2D eigenvalue weighted by Gasteiger charge is -2.51. The summed E-state index contributed by atoms with van der Waals surface area (Å²) in [5, 5.41) is 13.4. The van der Waals surface area contributed by atoms with Gasteiger partial charge in [-0.2, -0.15) is 0 Å². The smallest absolute Gasteiger partial charge is 0.115 e. The highest BCUT2D eigenvalue weighted by atomic mass is 16.3. The van der Waals surface area contributed by atoms with Crippen LogP contribution >= 0.6 is 0 Å². The first-order chi connectivity index (χ1) is 8.22. The van der Waals surface area contributed by atoms with Crippen LogP contribution in [-0.4, -0.2) is 17.7 Å². The standard InChI is InChI=1S/C15H21NO/c1-11-14-6-3-7-15(11,8-9-16-14)12-4-2-5-13(17)10-12/h2,4-5,10-11,14,16-17H,3,6-9H2,1H3/t11-,14?,15?/m1/s1. The lowest BCUT2D eigenvalue weighted by molar-refractivity contribution is 0.101. The van der Waals surface area contributed by atoms with Gasteiger partial charge in [0.25, 0.3) is 0 Å². The third-order valence-electron chi connectivity index (χ3n) is 5.01. The van der Waals surface area contributed by atoms with E-state index in [0.717, 1.165) is 6.54 Å². The number of fused-ring (bicyclic) bond motifs is 2. The van der Waals surface area contributed by atoms with Crippen molar-refractivity contribution in [2.24, 2.45) is 5.92 Å². The molecule has 92 valence electrons. The van der Waals surface area contributed by atoms with E-state index in [1.54, 1.807) is 6.07 Å². The largest absolute Gasteiger partial charge is 0.508 e. The normalized spacial score (nSPS) is 36.8. The molecule has 0 radical (unpaired) electrons. The number of piperidine rings is 1. The maximum Gasteiger partial charge on any atom is 0.115 e. The van der Waals surface area contributed by atoms with Crippen LogP contribution in [0, 0.1) is 5.92 Å². The van der Waals surface area contributed by atoms with Gasteiger partial charge in [-0.05, 0) is 49.4 Å². The molecule has 1 aromatic carbocycles. The van der Waals surface area contributed by atoms with Crippen LogP contribution in [0.3, 0.4) is 0 Å². The van der Waals surface area contributed by atoms with E-state index in [0.29, 0.717) is 23.1 Å². The summed E-state index contributed by atoms with van der Waals surface area (Å²) in [6.45, 7) is 3.49. The summed E-state index contributed by atoms with van der Waals surface area (Å²) in [4.78, 5) is 0. The second-order valence-corrected chi connectivity index (χ2v) is 5.70. The zero-order valence-corrected chi connectivity index (χ0v) is 10.4. The Hall–Kier alpha value is -1.02. The zero-order valence-electron chi connectivity index (χ0n) is 10.4. The van der Waals surface area contributed by atoms with Crippen LogP contribution < -0.4 is 5.32 Å². The zero-order chi connectivity index (χ0) is 11.9. The van der Waals surface area contributed by atoms with Gasteiger partial charge in [-0.3, -0.25) is 0 Å². The first kappa shape index (κ1) is 11.1. The minimum atomic E-state index is 0.299. The number of rotatable bonds is 1.